The molecular formula is C24H40O4. The second-order valence-electron chi connectivity index (χ2n) is 10.00. The van der Waals surface area contributed by atoms with Crippen molar-refractivity contribution in [3.05, 3.63) is 0 Å². The molecule has 1 saturated heterocycles. The van der Waals surface area contributed by atoms with E-state index in [1.54, 1.807) is 0 Å². The summed E-state index contributed by atoms with van der Waals surface area (Å²) in [6, 6.07) is 0. The molecule has 1 heterocycles. The maximum Gasteiger partial charge on any atom is 0.311 e. The Hall–Kier alpha value is -1.06. The molecule has 0 radical (unpaired) electrons. The highest BCUT2D eigenvalue weighted by Crippen LogP contribution is 2.71. The van der Waals surface area contributed by atoms with E-state index in [1.165, 1.54) is 32.8 Å². The Labute approximate surface area is 171 Å². The Morgan fingerprint density at radius 1 is 1.04 bits per heavy atom. The first-order chi connectivity index (χ1) is 13.4. The smallest absolute Gasteiger partial charge is 0.311 e. The topological polar surface area (TPSA) is 52.6 Å². The van der Waals surface area contributed by atoms with E-state index in [-0.39, 0.29) is 17.4 Å². The van der Waals surface area contributed by atoms with E-state index in [2.05, 4.69) is 4.74 Å². The first-order valence-electron chi connectivity index (χ1n) is 11.6. The van der Waals surface area contributed by atoms with Crippen molar-refractivity contribution >= 4 is 11.9 Å². The molecule has 0 amide bonds. The van der Waals surface area contributed by atoms with Gasteiger partial charge in [0.1, 0.15) is 0 Å². The molecule has 0 N–H and O–H groups in total. The minimum atomic E-state index is -0.311. The number of cyclic esters (lactones) is 1. The van der Waals surface area contributed by atoms with Crippen LogP contribution in [0, 0.1) is 52.8 Å². The van der Waals surface area contributed by atoms with Gasteiger partial charge < -0.3 is 9.47 Å². The normalized spacial score (nSPS) is 41.7. The monoisotopic (exact) mass is 392 g/mol. The van der Waals surface area contributed by atoms with Gasteiger partial charge in [0.2, 0.25) is 0 Å². The summed E-state index contributed by atoms with van der Waals surface area (Å²) in [7, 11) is 1.42. The van der Waals surface area contributed by atoms with Crippen LogP contribution in [0.2, 0.25) is 0 Å². The quantitative estimate of drug-likeness (QED) is 0.485. The van der Waals surface area contributed by atoms with Gasteiger partial charge in [-0.3, -0.25) is 9.59 Å². The Balaban J connectivity index is 0.000000178. The number of ether oxygens (including phenoxy) is 2. The maximum atomic E-state index is 11.5. The molecule has 8 atom stereocenters. The van der Waals surface area contributed by atoms with E-state index in [0.717, 1.165) is 60.9 Å². The lowest BCUT2D eigenvalue weighted by molar-refractivity contribution is -0.157. The van der Waals surface area contributed by atoms with Crippen molar-refractivity contribution in [2.24, 2.45) is 52.8 Å². The Kier molecular flexibility index (Phi) is 6.46. The second-order valence-corrected chi connectivity index (χ2v) is 10.00. The van der Waals surface area contributed by atoms with E-state index >= 15 is 0 Å². The predicted molar refractivity (Wildman–Crippen MR) is 109 cm³/mol. The number of hydrogen-bond donors (Lipinski definition) is 0. The minimum Gasteiger partial charge on any atom is -0.469 e. The highest BCUT2D eigenvalue weighted by Gasteiger charge is 2.66. The molecule has 4 saturated carbocycles. The van der Waals surface area contributed by atoms with Crippen LogP contribution in [0.1, 0.15) is 73.1 Å². The summed E-state index contributed by atoms with van der Waals surface area (Å²) >= 11 is 0. The van der Waals surface area contributed by atoms with Crippen molar-refractivity contribution in [1.29, 1.82) is 0 Å². The molecule has 4 bridgehead atoms. The van der Waals surface area contributed by atoms with Crippen molar-refractivity contribution in [2.45, 2.75) is 73.1 Å². The fourth-order valence-electron chi connectivity index (χ4n) is 7.25. The van der Waals surface area contributed by atoms with Crippen molar-refractivity contribution < 1.29 is 19.1 Å². The predicted octanol–water partition coefficient (Wildman–Crippen LogP) is 5.10. The van der Waals surface area contributed by atoms with Crippen molar-refractivity contribution in [2.75, 3.05) is 13.7 Å². The molecule has 5 rings (SSSR count). The largest absolute Gasteiger partial charge is 0.469 e. The van der Waals surface area contributed by atoms with Crippen LogP contribution >= 0.6 is 0 Å². The fraction of sp³-hybridized carbons (Fsp3) is 0.917. The zero-order valence-electron chi connectivity index (χ0n) is 18.7. The average Bonchev–Trinajstić information content (AvgIpc) is 3.47. The summed E-state index contributed by atoms with van der Waals surface area (Å²) in [4.78, 5) is 22.4. The highest BCUT2D eigenvalue weighted by molar-refractivity contribution is 5.75. The van der Waals surface area contributed by atoms with E-state index < -0.39 is 0 Å². The van der Waals surface area contributed by atoms with Gasteiger partial charge in [0.05, 0.1) is 19.1 Å². The zero-order valence-corrected chi connectivity index (χ0v) is 18.7. The van der Waals surface area contributed by atoms with Gasteiger partial charge in [0.25, 0.3) is 0 Å². The van der Waals surface area contributed by atoms with Crippen LogP contribution < -0.4 is 0 Å². The summed E-state index contributed by atoms with van der Waals surface area (Å²) in [6.07, 6.45) is 7.53. The first kappa shape index (κ1) is 21.6. The highest BCUT2D eigenvalue weighted by atomic mass is 16.5. The summed E-state index contributed by atoms with van der Waals surface area (Å²) in [5.74, 6) is 7.39. The molecule has 4 aliphatic carbocycles. The lowest BCUT2D eigenvalue weighted by Crippen LogP contribution is -2.43. The van der Waals surface area contributed by atoms with Crippen molar-refractivity contribution in [3.8, 4) is 0 Å². The summed E-state index contributed by atoms with van der Waals surface area (Å²) in [6.45, 7) is 10.5. The maximum absolute atomic E-state index is 11.5. The van der Waals surface area contributed by atoms with E-state index in [0.29, 0.717) is 5.92 Å². The molecule has 0 spiro atoms. The van der Waals surface area contributed by atoms with Gasteiger partial charge in [-0.15, -0.1) is 0 Å². The minimum absolute atomic E-state index is 0.0820. The Bertz CT molecular complexity index is 583. The van der Waals surface area contributed by atoms with Gasteiger partial charge in [-0.1, -0.05) is 20.8 Å². The SMILES string of the molecule is CC.CCC(C)(C)C(=O)OC.O=C1CC2C(CO1)C1CC2C2C3CCC(C3)C12. The molecule has 8 unspecified atom stereocenters. The van der Waals surface area contributed by atoms with Crippen LogP contribution in [0.4, 0.5) is 0 Å². The second kappa shape index (κ2) is 8.36. The molecule has 5 aliphatic rings. The van der Waals surface area contributed by atoms with Crippen molar-refractivity contribution in [3.63, 3.8) is 0 Å². The molecule has 28 heavy (non-hydrogen) atoms. The van der Waals surface area contributed by atoms with E-state index in [9.17, 15) is 9.59 Å². The molecule has 0 aromatic carbocycles. The lowest BCUT2D eigenvalue weighted by atomic mass is 9.62. The van der Waals surface area contributed by atoms with Crippen LogP contribution in [-0.4, -0.2) is 25.7 Å². The molecular weight excluding hydrogens is 352 g/mol. The standard InChI is InChI=1S/C15H20O2.C7H14O2.C2H6/c16-13-5-9-10-4-11(12(9)6-17-13)15-8-2-1-7(3-8)14(10)15;1-5-7(2,3)6(8)9-4;1-2/h7-12,14-15H,1-6H2;5H2,1-4H3;1-2H3. The third-order valence-electron chi connectivity index (χ3n) is 8.69. The number of carbonyl (C=O) groups excluding carboxylic acids is 2. The third-order valence-corrected chi connectivity index (χ3v) is 8.69. The van der Waals surface area contributed by atoms with Gasteiger partial charge in [0, 0.05) is 6.42 Å². The third kappa shape index (κ3) is 3.50. The zero-order chi connectivity index (χ0) is 20.6. The number of esters is 2. The molecule has 4 heteroatoms. The molecule has 4 nitrogen and oxygen atoms in total. The molecule has 0 aromatic rings. The molecule has 160 valence electrons. The van der Waals surface area contributed by atoms with Crippen LogP contribution in [0.5, 0.6) is 0 Å². The molecule has 5 fully saturated rings. The van der Waals surface area contributed by atoms with Crippen LogP contribution in [0.3, 0.4) is 0 Å². The average molecular weight is 393 g/mol. The first-order valence-corrected chi connectivity index (χ1v) is 11.6. The number of rotatable bonds is 2. The number of hydrogen-bond acceptors (Lipinski definition) is 4. The summed E-state index contributed by atoms with van der Waals surface area (Å²) in [5, 5.41) is 0. The number of fused-ring (bicyclic) bond motifs is 12. The van der Waals surface area contributed by atoms with Gasteiger partial charge in [-0.25, -0.2) is 0 Å². The van der Waals surface area contributed by atoms with E-state index in [1.807, 2.05) is 34.6 Å². The Morgan fingerprint density at radius 3 is 2.11 bits per heavy atom. The Morgan fingerprint density at radius 2 is 1.61 bits per heavy atom. The summed E-state index contributed by atoms with van der Waals surface area (Å²) in [5.41, 5.74) is -0.311. The molecule has 0 aromatic heterocycles. The van der Waals surface area contributed by atoms with Gasteiger partial charge in [0.15, 0.2) is 0 Å². The fourth-order valence-corrected chi connectivity index (χ4v) is 7.25. The van der Waals surface area contributed by atoms with Crippen LogP contribution in [0.15, 0.2) is 0 Å². The van der Waals surface area contributed by atoms with Gasteiger partial charge >= 0.3 is 11.9 Å². The van der Waals surface area contributed by atoms with Crippen LogP contribution in [0.25, 0.3) is 0 Å². The molecule has 1 aliphatic heterocycles. The van der Waals surface area contributed by atoms with Crippen molar-refractivity contribution in [1.82, 2.24) is 0 Å². The van der Waals surface area contributed by atoms with Gasteiger partial charge in [-0.05, 0) is 93.3 Å². The number of methoxy groups -OCH3 is 1. The number of carbonyl (C=O) groups is 2. The lowest BCUT2D eigenvalue weighted by Gasteiger charge is -2.44. The van der Waals surface area contributed by atoms with Gasteiger partial charge in [-0.2, -0.15) is 0 Å². The van der Waals surface area contributed by atoms with E-state index in [4.69, 9.17) is 4.74 Å². The summed E-state index contributed by atoms with van der Waals surface area (Å²) < 4.78 is 9.90. The van der Waals surface area contributed by atoms with Crippen LogP contribution in [-0.2, 0) is 19.1 Å².